The maximum absolute atomic E-state index is 4.26. The molecule has 0 atom stereocenters. The van der Waals surface area contributed by atoms with E-state index in [1.165, 1.54) is 57.1 Å². The van der Waals surface area contributed by atoms with Crippen molar-refractivity contribution in [2.75, 3.05) is 32.1 Å². The molecule has 0 heterocycles. The van der Waals surface area contributed by atoms with Crippen molar-refractivity contribution < 1.29 is 0 Å². The molecule has 0 aromatic carbocycles. The van der Waals surface area contributed by atoms with Crippen LogP contribution in [0.5, 0.6) is 0 Å². The highest BCUT2D eigenvalue weighted by Crippen LogP contribution is 2.28. The number of hydrogen-bond donors (Lipinski definition) is 2. The molecule has 19 heavy (non-hydrogen) atoms. The second kappa shape index (κ2) is 11.4. The lowest BCUT2D eigenvalue weighted by Gasteiger charge is -2.13. The lowest BCUT2D eigenvalue weighted by molar-refractivity contribution is 0.481. The first kappa shape index (κ1) is 16.7. The van der Waals surface area contributed by atoms with E-state index in [9.17, 15) is 0 Å². The number of nitrogens with zero attached hydrogens (tertiary/aromatic N) is 1. The molecule has 112 valence electrons. The van der Waals surface area contributed by atoms with Crippen molar-refractivity contribution in [3.63, 3.8) is 0 Å². The van der Waals surface area contributed by atoms with Crippen LogP contribution in [0.4, 0.5) is 0 Å². The topological polar surface area (TPSA) is 36.4 Å². The lowest BCUT2D eigenvalue weighted by atomic mass is 10.0. The highest BCUT2D eigenvalue weighted by atomic mass is 32.2. The zero-order valence-electron chi connectivity index (χ0n) is 12.7. The van der Waals surface area contributed by atoms with E-state index in [0.29, 0.717) is 0 Å². The van der Waals surface area contributed by atoms with Crippen LogP contribution in [-0.2, 0) is 0 Å². The molecule has 0 spiro atoms. The average molecular weight is 286 g/mol. The minimum Gasteiger partial charge on any atom is -0.356 e. The molecular formula is C15H31N3S. The summed E-state index contributed by atoms with van der Waals surface area (Å²) in [6.45, 7) is 2.09. The van der Waals surface area contributed by atoms with Gasteiger partial charge in [0.15, 0.2) is 5.96 Å². The molecule has 1 rings (SSSR count). The number of unbranched alkanes of at least 4 members (excludes halogenated alkanes) is 1. The molecular weight excluding hydrogens is 254 g/mol. The summed E-state index contributed by atoms with van der Waals surface area (Å²) in [4.78, 5) is 4.26. The molecule has 1 aliphatic carbocycles. The van der Waals surface area contributed by atoms with E-state index in [1.54, 1.807) is 0 Å². The van der Waals surface area contributed by atoms with E-state index in [0.717, 1.165) is 25.0 Å². The number of guanidine groups is 1. The number of thioether (sulfide) groups is 1. The SMILES string of the molecule is CN=C(NCCCCSC)NCCCC1CCCC1. The van der Waals surface area contributed by atoms with Crippen LogP contribution in [0.1, 0.15) is 51.4 Å². The average Bonchev–Trinajstić information content (AvgIpc) is 2.94. The third-order valence-electron chi connectivity index (χ3n) is 3.85. The number of hydrogen-bond acceptors (Lipinski definition) is 2. The Bertz CT molecular complexity index is 238. The molecule has 0 saturated heterocycles. The molecule has 0 aromatic heterocycles. The van der Waals surface area contributed by atoms with Crippen LogP contribution in [0.2, 0.25) is 0 Å². The number of aliphatic imine (C=N–C) groups is 1. The molecule has 0 aliphatic heterocycles. The second-order valence-electron chi connectivity index (χ2n) is 5.42. The van der Waals surface area contributed by atoms with Gasteiger partial charge in [0.05, 0.1) is 0 Å². The van der Waals surface area contributed by atoms with Crippen LogP contribution in [0.25, 0.3) is 0 Å². The third kappa shape index (κ3) is 8.40. The van der Waals surface area contributed by atoms with Crippen LogP contribution in [0.3, 0.4) is 0 Å². The largest absolute Gasteiger partial charge is 0.356 e. The minimum absolute atomic E-state index is 0.968. The summed E-state index contributed by atoms with van der Waals surface area (Å²) in [6.07, 6.45) is 13.2. The molecule has 0 amide bonds. The molecule has 1 saturated carbocycles. The summed E-state index contributed by atoms with van der Waals surface area (Å²) in [5, 5.41) is 6.80. The van der Waals surface area contributed by atoms with Gasteiger partial charge in [-0.2, -0.15) is 11.8 Å². The normalized spacial score (nSPS) is 16.8. The van der Waals surface area contributed by atoms with Gasteiger partial charge in [0, 0.05) is 20.1 Å². The molecule has 3 nitrogen and oxygen atoms in total. The van der Waals surface area contributed by atoms with E-state index >= 15 is 0 Å². The van der Waals surface area contributed by atoms with Crippen molar-refractivity contribution >= 4 is 17.7 Å². The Hall–Kier alpha value is -0.380. The van der Waals surface area contributed by atoms with Crippen molar-refractivity contribution in [3.8, 4) is 0 Å². The van der Waals surface area contributed by atoms with Crippen LogP contribution in [-0.4, -0.2) is 38.1 Å². The zero-order valence-corrected chi connectivity index (χ0v) is 13.5. The summed E-state index contributed by atoms with van der Waals surface area (Å²) in [5.41, 5.74) is 0. The summed E-state index contributed by atoms with van der Waals surface area (Å²) in [7, 11) is 1.86. The molecule has 0 unspecified atom stereocenters. The van der Waals surface area contributed by atoms with Gasteiger partial charge in [-0.05, 0) is 43.6 Å². The molecule has 0 radical (unpaired) electrons. The van der Waals surface area contributed by atoms with Crippen LogP contribution < -0.4 is 10.6 Å². The highest BCUT2D eigenvalue weighted by Gasteiger charge is 2.13. The highest BCUT2D eigenvalue weighted by molar-refractivity contribution is 7.98. The predicted molar refractivity (Wildman–Crippen MR) is 88.2 cm³/mol. The first-order valence-electron chi connectivity index (χ1n) is 7.80. The van der Waals surface area contributed by atoms with Gasteiger partial charge in [-0.1, -0.05) is 25.7 Å². The van der Waals surface area contributed by atoms with Gasteiger partial charge >= 0.3 is 0 Å². The smallest absolute Gasteiger partial charge is 0.190 e. The predicted octanol–water partition coefficient (Wildman–Crippen LogP) is 3.27. The fraction of sp³-hybridized carbons (Fsp3) is 0.933. The van der Waals surface area contributed by atoms with E-state index in [4.69, 9.17) is 0 Å². The molecule has 2 N–H and O–H groups in total. The Balaban J connectivity index is 1.95. The molecule has 1 aliphatic rings. The Labute approximate surface area is 123 Å². The van der Waals surface area contributed by atoms with E-state index in [1.807, 2.05) is 18.8 Å². The fourth-order valence-electron chi connectivity index (χ4n) is 2.70. The van der Waals surface area contributed by atoms with Gasteiger partial charge in [-0.3, -0.25) is 4.99 Å². The molecule has 0 bridgehead atoms. The molecule has 4 heteroatoms. The monoisotopic (exact) mass is 285 g/mol. The summed E-state index contributed by atoms with van der Waals surface area (Å²) in [6, 6.07) is 0. The number of nitrogens with one attached hydrogen (secondary N) is 2. The Kier molecular flexibility index (Phi) is 10.0. The quantitative estimate of drug-likeness (QED) is 0.388. The van der Waals surface area contributed by atoms with Crippen molar-refractivity contribution in [2.24, 2.45) is 10.9 Å². The maximum atomic E-state index is 4.26. The Morgan fingerprint density at radius 1 is 1.11 bits per heavy atom. The van der Waals surface area contributed by atoms with Crippen molar-refractivity contribution in [1.82, 2.24) is 10.6 Å². The minimum atomic E-state index is 0.968. The first-order valence-corrected chi connectivity index (χ1v) is 9.19. The van der Waals surface area contributed by atoms with Gasteiger partial charge in [-0.25, -0.2) is 0 Å². The summed E-state index contributed by atoms with van der Waals surface area (Å²) >= 11 is 1.92. The van der Waals surface area contributed by atoms with Gasteiger partial charge in [0.25, 0.3) is 0 Å². The van der Waals surface area contributed by atoms with Gasteiger partial charge in [0.2, 0.25) is 0 Å². The second-order valence-corrected chi connectivity index (χ2v) is 6.40. The van der Waals surface area contributed by atoms with Crippen LogP contribution in [0, 0.1) is 5.92 Å². The van der Waals surface area contributed by atoms with Crippen molar-refractivity contribution in [3.05, 3.63) is 0 Å². The zero-order chi connectivity index (χ0) is 13.8. The van der Waals surface area contributed by atoms with Crippen molar-refractivity contribution in [2.45, 2.75) is 51.4 Å². The van der Waals surface area contributed by atoms with Crippen LogP contribution in [0.15, 0.2) is 4.99 Å². The molecule has 1 fully saturated rings. The Morgan fingerprint density at radius 3 is 2.42 bits per heavy atom. The summed E-state index contributed by atoms with van der Waals surface area (Å²) < 4.78 is 0. The lowest BCUT2D eigenvalue weighted by Crippen LogP contribution is -2.38. The van der Waals surface area contributed by atoms with Gasteiger partial charge < -0.3 is 10.6 Å². The van der Waals surface area contributed by atoms with Gasteiger partial charge in [0.1, 0.15) is 0 Å². The number of rotatable bonds is 9. The van der Waals surface area contributed by atoms with E-state index < -0.39 is 0 Å². The van der Waals surface area contributed by atoms with Gasteiger partial charge in [-0.15, -0.1) is 0 Å². The first-order chi connectivity index (χ1) is 9.36. The van der Waals surface area contributed by atoms with E-state index in [2.05, 4.69) is 21.9 Å². The standard InChI is InChI=1S/C15H31N3S/c1-16-15(17-11-5-6-13-19-2)18-12-7-10-14-8-3-4-9-14/h14H,3-13H2,1-2H3,(H2,16,17,18). The third-order valence-corrected chi connectivity index (χ3v) is 4.54. The summed E-state index contributed by atoms with van der Waals surface area (Å²) in [5.74, 6) is 3.23. The van der Waals surface area contributed by atoms with Crippen molar-refractivity contribution in [1.29, 1.82) is 0 Å². The maximum Gasteiger partial charge on any atom is 0.190 e. The molecule has 0 aromatic rings. The Morgan fingerprint density at radius 2 is 1.79 bits per heavy atom. The van der Waals surface area contributed by atoms with E-state index in [-0.39, 0.29) is 0 Å². The van der Waals surface area contributed by atoms with Crippen LogP contribution >= 0.6 is 11.8 Å². The fourth-order valence-corrected chi connectivity index (χ4v) is 3.19.